The summed E-state index contributed by atoms with van der Waals surface area (Å²) in [6, 6.07) is 6.17. The average Bonchev–Trinajstić information content (AvgIpc) is 2.29. The van der Waals surface area contributed by atoms with Gasteiger partial charge < -0.3 is 14.3 Å². The quantitative estimate of drug-likeness (QED) is 0.749. The van der Waals surface area contributed by atoms with Crippen molar-refractivity contribution in [2.45, 2.75) is 19.4 Å². The highest BCUT2D eigenvalue weighted by molar-refractivity contribution is 5.43. The summed E-state index contributed by atoms with van der Waals surface area (Å²) in [6.07, 6.45) is 0.869. The van der Waals surface area contributed by atoms with Crippen molar-refractivity contribution in [2.75, 3.05) is 21.3 Å². The van der Waals surface area contributed by atoms with E-state index in [2.05, 4.69) is 12.4 Å². The van der Waals surface area contributed by atoms with Gasteiger partial charge in [-0.3, -0.25) is 0 Å². The minimum absolute atomic E-state index is 0.253. The van der Waals surface area contributed by atoms with Crippen molar-refractivity contribution in [1.82, 2.24) is 5.48 Å². The van der Waals surface area contributed by atoms with Crippen LogP contribution in [-0.4, -0.2) is 27.4 Å². The van der Waals surface area contributed by atoms with Gasteiger partial charge in [0.2, 0.25) is 0 Å². The van der Waals surface area contributed by atoms with E-state index < -0.39 is 0 Å². The van der Waals surface area contributed by atoms with E-state index >= 15 is 0 Å². The van der Waals surface area contributed by atoms with Gasteiger partial charge in [-0.15, -0.1) is 0 Å². The fourth-order valence-electron chi connectivity index (χ4n) is 1.60. The number of hydrogen-bond donors (Lipinski definition) is 1. The van der Waals surface area contributed by atoms with Gasteiger partial charge in [-0.2, -0.15) is 5.48 Å². The molecule has 0 aliphatic carbocycles. The van der Waals surface area contributed by atoms with E-state index in [-0.39, 0.29) is 6.04 Å². The Kier molecular flexibility index (Phi) is 5.08. The van der Waals surface area contributed by atoms with Crippen LogP contribution in [0.4, 0.5) is 0 Å². The number of hydroxylamine groups is 1. The van der Waals surface area contributed by atoms with E-state index in [0.29, 0.717) is 0 Å². The molecule has 4 heteroatoms. The number of benzene rings is 1. The molecule has 1 N–H and O–H groups in total. The van der Waals surface area contributed by atoms with Crippen LogP contribution in [0.15, 0.2) is 18.2 Å². The van der Waals surface area contributed by atoms with Crippen LogP contribution in [0.1, 0.15) is 12.5 Å². The largest absolute Gasteiger partial charge is 0.493 e. The normalized spacial score (nSPS) is 12.2. The van der Waals surface area contributed by atoms with Crippen LogP contribution in [0.25, 0.3) is 0 Å². The van der Waals surface area contributed by atoms with Gasteiger partial charge in [-0.1, -0.05) is 6.07 Å². The molecule has 1 rings (SSSR count). The van der Waals surface area contributed by atoms with Gasteiger partial charge in [0.25, 0.3) is 0 Å². The van der Waals surface area contributed by atoms with Crippen LogP contribution >= 0.6 is 0 Å². The average molecular weight is 225 g/mol. The zero-order valence-corrected chi connectivity index (χ0v) is 10.2. The van der Waals surface area contributed by atoms with Crippen molar-refractivity contribution < 1.29 is 14.3 Å². The first-order valence-corrected chi connectivity index (χ1v) is 5.20. The fourth-order valence-corrected chi connectivity index (χ4v) is 1.60. The molecule has 0 radical (unpaired) electrons. The van der Waals surface area contributed by atoms with Crippen LogP contribution < -0.4 is 15.0 Å². The molecule has 1 aromatic carbocycles. The van der Waals surface area contributed by atoms with E-state index in [4.69, 9.17) is 14.3 Å². The second-order valence-electron chi connectivity index (χ2n) is 3.62. The SMILES string of the molecule is CON[C@H](C)Cc1ccc(OC)c(OC)c1. The van der Waals surface area contributed by atoms with Crippen LogP contribution in [0.2, 0.25) is 0 Å². The zero-order valence-electron chi connectivity index (χ0n) is 10.2. The minimum atomic E-state index is 0.253. The molecule has 0 bridgehead atoms. The second kappa shape index (κ2) is 6.35. The van der Waals surface area contributed by atoms with Crippen LogP contribution in [0.3, 0.4) is 0 Å². The zero-order chi connectivity index (χ0) is 12.0. The Morgan fingerprint density at radius 1 is 1.12 bits per heavy atom. The number of hydrogen-bond acceptors (Lipinski definition) is 4. The van der Waals surface area contributed by atoms with Gasteiger partial charge in [0.05, 0.1) is 21.3 Å². The third-order valence-corrected chi connectivity index (χ3v) is 2.31. The van der Waals surface area contributed by atoms with E-state index in [9.17, 15) is 0 Å². The second-order valence-corrected chi connectivity index (χ2v) is 3.62. The topological polar surface area (TPSA) is 39.7 Å². The number of ether oxygens (including phenoxy) is 2. The molecule has 16 heavy (non-hydrogen) atoms. The maximum atomic E-state index is 5.24. The van der Waals surface area contributed by atoms with E-state index in [1.807, 2.05) is 18.2 Å². The third-order valence-electron chi connectivity index (χ3n) is 2.31. The summed E-state index contributed by atoms with van der Waals surface area (Å²) in [5, 5.41) is 0. The van der Waals surface area contributed by atoms with E-state index in [1.165, 1.54) is 5.56 Å². The number of rotatable bonds is 6. The Morgan fingerprint density at radius 3 is 2.38 bits per heavy atom. The maximum absolute atomic E-state index is 5.24. The first-order valence-electron chi connectivity index (χ1n) is 5.20. The molecule has 0 unspecified atom stereocenters. The smallest absolute Gasteiger partial charge is 0.160 e. The molecule has 0 spiro atoms. The highest BCUT2D eigenvalue weighted by Gasteiger charge is 2.07. The molecule has 0 heterocycles. The molecule has 1 atom stereocenters. The Morgan fingerprint density at radius 2 is 1.81 bits per heavy atom. The van der Waals surface area contributed by atoms with Crippen molar-refractivity contribution >= 4 is 0 Å². The molecule has 0 saturated carbocycles. The van der Waals surface area contributed by atoms with Crippen LogP contribution in [-0.2, 0) is 11.3 Å². The lowest BCUT2D eigenvalue weighted by Gasteiger charge is -2.13. The van der Waals surface area contributed by atoms with Gasteiger partial charge in [0.1, 0.15) is 0 Å². The van der Waals surface area contributed by atoms with Crippen LogP contribution in [0, 0.1) is 0 Å². The molecule has 0 aromatic heterocycles. The van der Waals surface area contributed by atoms with Gasteiger partial charge in [0.15, 0.2) is 11.5 Å². The van der Waals surface area contributed by atoms with E-state index in [1.54, 1.807) is 21.3 Å². The van der Waals surface area contributed by atoms with Crippen molar-refractivity contribution in [3.63, 3.8) is 0 Å². The Labute approximate surface area is 96.5 Å². The lowest BCUT2D eigenvalue weighted by atomic mass is 10.1. The molecule has 1 aromatic rings. The van der Waals surface area contributed by atoms with Gasteiger partial charge in [-0.25, -0.2) is 0 Å². The molecular weight excluding hydrogens is 206 g/mol. The molecule has 4 nitrogen and oxygen atoms in total. The minimum Gasteiger partial charge on any atom is -0.493 e. The summed E-state index contributed by atoms with van der Waals surface area (Å²) in [6.45, 7) is 2.06. The fraction of sp³-hybridized carbons (Fsp3) is 0.500. The molecule has 90 valence electrons. The molecule has 0 fully saturated rings. The van der Waals surface area contributed by atoms with Crippen molar-refractivity contribution in [3.05, 3.63) is 23.8 Å². The predicted octanol–water partition coefficient (Wildman–Crippen LogP) is 1.79. The first-order chi connectivity index (χ1) is 7.71. The predicted molar refractivity (Wildman–Crippen MR) is 62.9 cm³/mol. The summed E-state index contributed by atoms with van der Waals surface area (Å²) < 4.78 is 10.4. The summed E-state index contributed by atoms with van der Waals surface area (Å²) in [5.74, 6) is 1.50. The van der Waals surface area contributed by atoms with Gasteiger partial charge in [0, 0.05) is 6.04 Å². The molecule has 0 aliphatic heterocycles. The van der Waals surface area contributed by atoms with Crippen molar-refractivity contribution in [2.24, 2.45) is 0 Å². The third kappa shape index (κ3) is 3.40. The summed E-state index contributed by atoms with van der Waals surface area (Å²) in [5.41, 5.74) is 4.06. The number of methoxy groups -OCH3 is 2. The van der Waals surface area contributed by atoms with E-state index in [0.717, 1.165) is 17.9 Å². The van der Waals surface area contributed by atoms with Crippen molar-refractivity contribution in [1.29, 1.82) is 0 Å². The summed E-state index contributed by atoms with van der Waals surface area (Å²) in [4.78, 5) is 4.87. The Hall–Kier alpha value is -1.26. The molecule has 0 aliphatic rings. The molecular formula is C12H19NO3. The molecule has 0 amide bonds. The first kappa shape index (κ1) is 12.8. The Bertz CT molecular complexity index is 328. The molecule has 0 saturated heterocycles. The number of nitrogens with one attached hydrogen (secondary N) is 1. The highest BCUT2D eigenvalue weighted by Crippen LogP contribution is 2.27. The van der Waals surface area contributed by atoms with Crippen LogP contribution in [0.5, 0.6) is 11.5 Å². The Balaban J connectivity index is 2.74. The van der Waals surface area contributed by atoms with Crippen molar-refractivity contribution in [3.8, 4) is 11.5 Å². The lowest BCUT2D eigenvalue weighted by molar-refractivity contribution is 0.0661. The monoisotopic (exact) mass is 225 g/mol. The highest BCUT2D eigenvalue weighted by atomic mass is 16.6. The standard InChI is InChI=1S/C12H19NO3/c1-9(13-16-4)7-10-5-6-11(14-2)12(8-10)15-3/h5-6,8-9,13H,7H2,1-4H3/t9-/m1/s1. The summed E-state index contributed by atoms with van der Waals surface area (Å²) in [7, 11) is 4.89. The van der Waals surface area contributed by atoms with Gasteiger partial charge >= 0.3 is 0 Å². The summed E-state index contributed by atoms with van der Waals surface area (Å²) >= 11 is 0. The lowest BCUT2D eigenvalue weighted by Crippen LogP contribution is -2.26. The van der Waals surface area contributed by atoms with Gasteiger partial charge in [-0.05, 0) is 31.0 Å². The maximum Gasteiger partial charge on any atom is 0.160 e.